The number of rotatable bonds is 4. The first-order valence-corrected chi connectivity index (χ1v) is 6.26. The average Bonchev–Trinajstić information content (AvgIpc) is 2.55. The number of ether oxygens (including phenoxy) is 1. The molecule has 0 bridgehead atoms. The summed E-state index contributed by atoms with van der Waals surface area (Å²) in [6.45, 7) is 6.32. The van der Waals surface area contributed by atoms with Gasteiger partial charge in [-0.25, -0.2) is 0 Å². The zero-order valence-corrected chi connectivity index (χ0v) is 11.4. The van der Waals surface area contributed by atoms with Gasteiger partial charge in [0.25, 0.3) is 11.8 Å². The normalized spacial score (nSPS) is 15.0. The fraction of sp³-hybridized carbons (Fsp3) is 0.429. The van der Waals surface area contributed by atoms with Crippen LogP contribution in [-0.2, 0) is 4.74 Å². The summed E-state index contributed by atoms with van der Waals surface area (Å²) in [5.41, 5.74) is 6.22. The Labute approximate surface area is 112 Å². The number of nitrogens with two attached hydrogens (primary N) is 1. The summed E-state index contributed by atoms with van der Waals surface area (Å²) in [6, 6.07) is 4.93. The van der Waals surface area contributed by atoms with E-state index >= 15 is 0 Å². The molecule has 19 heavy (non-hydrogen) atoms. The van der Waals surface area contributed by atoms with Crippen molar-refractivity contribution < 1.29 is 14.3 Å². The lowest BCUT2D eigenvalue weighted by molar-refractivity contribution is -0.0262. The van der Waals surface area contributed by atoms with Crippen LogP contribution in [0.3, 0.4) is 0 Å². The third-order valence-corrected chi connectivity index (χ3v) is 3.11. The Morgan fingerprint density at radius 3 is 2.53 bits per heavy atom. The molecule has 1 aromatic rings. The minimum atomic E-state index is -0.573. The van der Waals surface area contributed by atoms with Crippen LogP contribution >= 0.6 is 0 Å². The lowest BCUT2D eigenvalue weighted by Crippen LogP contribution is -2.43. The number of benzene rings is 1. The summed E-state index contributed by atoms with van der Waals surface area (Å²) < 4.78 is 5.54. The molecule has 0 aromatic heterocycles. The highest BCUT2D eigenvalue weighted by atomic mass is 16.5. The van der Waals surface area contributed by atoms with E-state index in [-0.39, 0.29) is 18.4 Å². The van der Waals surface area contributed by atoms with Crippen LogP contribution in [0.2, 0.25) is 0 Å². The van der Waals surface area contributed by atoms with Crippen LogP contribution in [0.15, 0.2) is 18.2 Å². The topological polar surface area (TPSA) is 72.6 Å². The maximum Gasteiger partial charge on any atom is 0.263 e. The number of anilines is 1. The van der Waals surface area contributed by atoms with Crippen LogP contribution in [0.1, 0.15) is 41.5 Å². The first kappa shape index (κ1) is 13.5. The lowest BCUT2D eigenvalue weighted by Gasteiger charge is -2.28. The maximum absolute atomic E-state index is 12.3. The summed E-state index contributed by atoms with van der Waals surface area (Å²) in [5, 5.41) is 0. The average molecular weight is 262 g/mol. The molecule has 102 valence electrons. The van der Waals surface area contributed by atoms with Gasteiger partial charge in [-0.15, -0.1) is 0 Å². The van der Waals surface area contributed by atoms with Crippen molar-refractivity contribution >= 4 is 17.5 Å². The molecule has 0 aliphatic carbocycles. The molecule has 1 heterocycles. The Morgan fingerprint density at radius 2 is 1.95 bits per heavy atom. The zero-order chi connectivity index (χ0) is 14.2. The molecule has 2 amide bonds. The molecule has 0 spiro atoms. The molecular weight excluding hydrogens is 244 g/mol. The monoisotopic (exact) mass is 262 g/mol. The van der Waals surface area contributed by atoms with Crippen molar-refractivity contribution in [3.05, 3.63) is 29.3 Å². The Balaban J connectivity index is 2.31. The van der Waals surface area contributed by atoms with Gasteiger partial charge in [0.2, 0.25) is 0 Å². The van der Waals surface area contributed by atoms with Crippen LogP contribution in [0.5, 0.6) is 0 Å². The third-order valence-electron chi connectivity index (χ3n) is 3.11. The van der Waals surface area contributed by atoms with Gasteiger partial charge in [0.15, 0.2) is 0 Å². The van der Waals surface area contributed by atoms with Gasteiger partial charge < -0.3 is 10.5 Å². The van der Waals surface area contributed by atoms with Crippen molar-refractivity contribution in [2.24, 2.45) is 0 Å². The van der Waals surface area contributed by atoms with Gasteiger partial charge in [-0.05, 0) is 32.9 Å². The summed E-state index contributed by atoms with van der Waals surface area (Å²) in [7, 11) is 0. The molecule has 0 atom stereocenters. The van der Waals surface area contributed by atoms with Crippen molar-refractivity contribution in [2.45, 2.75) is 26.4 Å². The van der Waals surface area contributed by atoms with Crippen LogP contribution < -0.4 is 5.73 Å². The number of hydrogen-bond donors (Lipinski definition) is 1. The molecule has 5 nitrogen and oxygen atoms in total. The molecular formula is C14H18N2O3. The maximum atomic E-state index is 12.3. The molecule has 0 fully saturated rings. The minimum Gasteiger partial charge on any atom is -0.398 e. The fourth-order valence-electron chi connectivity index (χ4n) is 2.32. The highest BCUT2D eigenvalue weighted by Gasteiger charge is 2.39. The van der Waals surface area contributed by atoms with Gasteiger partial charge in [0.1, 0.15) is 0 Å². The van der Waals surface area contributed by atoms with Crippen LogP contribution in [0, 0.1) is 0 Å². The highest BCUT2D eigenvalue weighted by molar-refractivity contribution is 6.23. The van der Waals surface area contributed by atoms with E-state index in [1.165, 1.54) is 4.90 Å². The molecule has 2 rings (SSSR count). The first-order chi connectivity index (χ1) is 8.87. The summed E-state index contributed by atoms with van der Waals surface area (Å²) in [6.07, 6.45) is 0. The second-order valence-corrected chi connectivity index (χ2v) is 5.16. The number of nitrogens with zero attached hydrogens (tertiary/aromatic N) is 1. The molecule has 1 aliphatic rings. The summed E-state index contributed by atoms with van der Waals surface area (Å²) in [4.78, 5) is 25.7. The number of amides is 2. The van der Waals surface area contributed by atoms with E-state index in [1.807, 2.05) is 20.8 Å². The van der Waals surface area contributed by atoms with Gasteiger partial charge >= 0.3 is 0 Å². The zero-order valence-electron chi connectivity index (χ0n) is 11.4. The standard InChI is InChI=1S/C14H18N2O3/c1-4-19-14(2,3)8-16-12(17)9-6-5-7-10(15)11(9)13(16)18/h5-7H,4,8,15H2,1-3H3. The van der Waals surface area contributed by atoms with Gasteiger partial charge in [-0.2, -0.15) is 0 Å². The largest absolute Gasteiger partial charge is 0.398 e. The molecule has 1 aromatic carbocycles. The van der Waals surface area contributed by atoms with Crippen molar-refractivity contribution in [3.63, 3.8) is 0 Å². The predicted molar refractivity (Wildman–Crippen MR) is 71.9 cm³/mol. The van der Waals surface area contributed by atoms with Crippen molar-refractivity contribution in [1.82, 2.24) is 4.90 Å². The van der Waals surface area contributed by atoms with Gasteiger partial charge in [-0.3, -0.25) is 14.5 Å². The molecule has 0 saturated carbocycles. The van der Waals surface area contributed by atoms with Crippen LogP contribution in [0.25, 0.3) is 0 Å². The Bertz CT molecular complexity index is 537. The SMILES string of the molecule is CCOC(C)(C)CN1C(=O)c2cccc(N)c2C1=O. The Hall–Kier alpha value is -1.88. The number of nitrogen functional groups attached to an aromatic ring is 1. The van der Waals surface area contributed by atoms with E-state index in [0.717, 1.165) is 0 Å². The number of hydrogen-bond acceptors (Lipinski definition) is 4. The van der Waals surface area contributed by atoms with Gasteiger partial charge in [0.05, 0.1) is 23.3 Å². The van der Waals surface area contributed by atoms with Gasteiger partial charge in [0, 0.05) is 12.3 Å². The summed E-state index contributed by atoms with van der Waals surface area (Å²) >= 11 is 0. The number of carbonyl (C=O) groups excluding carboxylic acids is 2. The van der Waals surface area contributed by atoms with E-state index < -0.39 is 5.60 Å². The van der Waals surface area contributed by atoms with E-state index in [0.29, 0.717) is 23.4 Å². The van der Waals surface area contributed by atoms with Gasteiger partial charge in [-0.1, -0.05) is 6.07 Å². The third kappa shape index (κ3) is 2.33. The molecule has 0 saturated heterocycles. The molecule has 0 radical (unpaired) electrons. The second kappa shape index (κ2) is 4.66. The van der Waals surface area contributed by atoms with Crippen molar-refractivity contribution in [1.29, 1.82) is 0 Å². The van der Waals surface area contributed by atoms with E-state index in [9.17, 15) is 9.59 Å². The number of carbonyl (C=O) groups is 2. The quantitative estimate of drug-likeness (QED) is 0.662. The minimum absolute atomic E-state index is 0.215. The predicted octanol–water partition coefficient (Wildman–Crippen LogP) is 1.68. The molecule has 2 N–H and O–H groups in total. The smallest absolute Gasteiger partial charge is 0.263 e. The van der Waals surface area contributed by atoms with E-state index in [2.05, 4.69) is 0 Å². The second-order valence-electron chi connectivity index (χ2n) is 5.16. The first-order valence-electron chi connectivity index (χ1n) is 6.26. The number of imide groups is 1. The van der Waals surface area contributed by atoms with Crippen LogP contribution in [-0.4, -0.2) is 35.5 Å². The highest BCUT2D eigenvalue weighted by Crippen LogP contribution is 2.29. The fourth-order valence-corrected chi connectivity index (χ4v) is 2.32. The molecule has 5 heteroatoms. The Kier molecular flexibility index (Phi) is 3.32. The molecule has 1 aliphatic heterocycles. The molecule has 0 unspecified atom stereocenters. The van der Waals surface area contributed by atoms with E-state index in [4.69, 9.17) is 10.5 Å². The van der Waals surface area contributed by atoms with Crippen LogP contribution in [0.4, 0.5) is 5.69 Å². The Morgan fingerprint density at radius 1 is 1.26 bits per heavy atom. The summed E-state index contributed by atoms with van der Waals surface area (Å²) in [5.74, 6) is -0.647. The lowest BCUT2D eigenvalue weighted by atomic mass is 10.1. The van der Waals surface area contributed by atoms with Crippen molar-refractivity contribution in [3.8, 4) is 0 Å². The van der Waals surface area contributed by atoms with Crippen molar-refractivity contribution in [2.75, 3.05) is 18.9 Å². The number of fused-ring (bicyclic) bond motifs is 1. The van der Waals surface area contributed by atoms with E-state index in [1.54, 1.807) is 18.2 Å².